The van der Waals surface area contributed by atoms with Crippen molar-refractivity contribution in [3.05, 3.63) is 77.9 Å². The monoisotopic (exact) mass is 338 g/mol. The highest BCUT2D eigenvalue weighted by Gasteiger charge is 2.07. The molecular formula is C21H22O4. The number of methoxy groups -OCH3 is 2. The Balaban J connectivity index is 2.45. The lowest BCUT2D eigenvalue weighted by molar-refractivity contribution is -0.137. The summed E-state index contributed by atoms with van der Waals surface area (Å²) in [6.07, 6.45) is 4.97. The second-order valence-corrected chi connectivity index (χ2v) is 5.16. The quantitative estimate of drug-likeness (QED) is 0.430. The van der Waals surface area contributed by atoms with Gasteiger partial charge in [0, 0.05) is 6.08 Å². The Kier molecular flexibility index (Phi) is 6.84. The van der Waals surface area contributed by atoms with Crippen molar-refractivity contribution in [1.82, 2.24) is 0 Å². The molecule has 0 unspecified atom stereocenters. The van der Waals surface area contributed by atoms with E-state index in [0.29, 0.717) is 6.61 Å². The van der Waals surface area contributed by atoms with Gasteiger partial charge in [-0.15, -0.1) is 0 Å². The number of allylic oxidation sites excluding steroid dienone is 2. The zero-order chi connectivity index (χ0) is 18.1. The number of rotatable bonds is 7. The largest absolute Gasteiger partial charge is 0.497 e. The van der Waals surface area contributed by atoms with Crippen molar-refractivity contribution < 1.29 is 19.0 Å². The molecule has 0 radical (unpaired) electrons. The van der Waals surface area contributed by atoms with Crippen LogP contribution in [0.5, 0.6) is 11.5 Å². The van der Waals surface area contributed by atoms with E-state index in [2.05, 4.69) is 0 Å². The third kappa shape index (κ3) is 5.24. The molecule has 0 aliphatic carbocycles. The van der Waals surface area contributed by atoms with Gasteiger partial charge in [-0.3, -0.25) is 0 Å². The number of ether oxygens (including phenoxy) is 3. The van der Waals surface area contributed by atoms with E-state index in [-0.39, 0.29) is 5.97 Å². The van der Waals surface area contributed by atoms with Crippen LogP contribution in [-0.2, 0) is 9.53 Å². The molecule has 0 aliphatic heterocycles. The van der Waals surface area contributed by atoms with Gasteiger partial charge in [-0.25, -0.2) is 4.79 Å². The molecule has 0 amide bonds. The van der Waals surface area contributed by atoms with Crippen LogP contribution in [0.3, 0.4) is 0 Å². The molecule has 0 aliphatic rings. The predicted molar refractivity (Wildman–Crippen MR) is 98.8 cm³/mol. The minimum absolute atomic E-state index is 0.353. The van der Waals surface area contributed by atoms with Gasteiger partial charge in [0.05, 0.1) is 20.8 Å². The van der Waals surface area contributed by atoms with Gasteiger partial charge in [-0.2, -0.15) is 0 Å². The Labute approximate surface area is 148 Å². The lowest BCUT2D eigenvalue weighted by Crippen LogP contribution is -1.98. The van der Waals surface area contributed by atoms with Gasteiger partial charge in [-0.05, 0) is 47.9 Å². The van der Waals surface area contributed by atoms with Crippen molar-refractivity contribution in [1.29, 1.82) is 0 Å². The average Bonchev–Trinajstić information content (AvgIpc) is 2.65. The Hall–Kier alpha value is -3.01. The molecule has 2 aromatic carbocycles. The van der Waals surface area contributed by atoms with Crippen LogP contribution < -0.4 is 9.47 Å². The summed E-state index contributed by atoms with van der Waals surface area (Å²) in [6.45, 7) is 2.13. The summed E-state index contributed by atoms with van der Waals surface area (Å²) >= 11 is 0. The molecule has 0 atom stereocenters. The zero-order valence-corrected chi connectivity index (χ0v) is 14.7. The third-order valence-corrected chi connectivity index (χ3v) is 3.54. The normalized spacial score (nSPS) is 10.4. The SMILES string of the molecule is CCOC(=O)/C=C/C=C(c1cccc(OC)c1)c1cccc(OC)c1. The highest BCUT2D eigenvalue weighted by Crippen LogP contribution is 2.28. The van der Waals surface area contributed by atoms with E-state index < -0.39 is 0 Å². The third-order valence-electron chi connectivity index (χ3n) is 3.54. The molecule has 0 saturated carbocycles. The van der Waals surface area contributed by atoms with Gasteiger partial charge in [0.2, 0.25) is 0 Å². The molecule has 0 saturated heterocycles. The van der Waals surface area contributed by atoms with E-state index in [9.17, 15) is 4.79 Å². The summed E-state index contributed by atoms with van der Waals surface area (Å²) in [5.41, 5.74) is 2.89. The molecule has 0 N–H and O–H groups in total. The van der Waals surface area contributed by atoms with Crippen LogP contribution in [0.15, 0.2) is 66.8 Å². The van der Waals surface area contributed by atoms with Crippen LogP contribution in [-0.4, -0.2) is 26.8 Å². The molecule has 0 spiro atoms. The second kappa shape index (κ2) is 9.33. The van der Waals surface area contributed by atoms with Crippen molar-refractivity contribution in [2.45, 2.75) is 6.92 Å². The molecule has 2 rings (SSSR count). The summed E-state index contributed by atoms with van der Waals surface area (Å²) in [5, 5.41) is 0. The van der Waals surface area contributed by atoms with Crippen LogP contribution in [0.4, 0.5) is 0 Å². The van der Waals surface area contributed by atoms with E-state index in [1.807, 2.05) is 54.6 Å². The van der Waals surface area contributed by atoms with Crippen molar-refractivity contribution in [3.8, 4) is 11.5 Å². The van der Waals surface area contributed by atoms with Crippen molar-refractivity contribution in [3.63, 3.8) is 0 Å². The van der Waals surface area contributed by atoms with Gasteiger partial charge in [0.1, 0.15) is 11.5 Å². The molecule has 0 aromatic heterocycles. The predicted octanol–water partition coefficient (Wildman–Crippen LogP) is 4.25. The number of carbonyl (C=O) groups is 1. The van der Waals surface area contributed by atoms with Crippen LogP contribution in [0, 0.1) is 0 Å². The van der Waals surface area contributed by atoms with Crippen molar-refractivity contribution >= 4 is 11.5 Å². The van der Waals surface area contributed by atoms with Crippen molar-refractivity contribution in [2.24, 2.45) is 0 Å². The van der Waals surface area contributed by atoms with Crippen molar-refractivity contribution in [2.75, 3.05) is 20.8 Å². The first kappa shape index (κ1) is 18.3. The van der Waals surface area contributed by atoms with E-state index in [4.69, 9.17) is 14.2 Å². The van der Waals surface area contributed by atoms with Crippen LogP contribution in [0.2, 0.25) is 0 Å². The molecule has 0 bridgehead atoms. The summed E-state index contributed by atoms with van der Waals surface area (Å²) in [5.74, 6) is 1.16. The zero-order valence-electron chi connectivity index (χ0n) is 14.7. The maximum atomic E-state index is 11.5. The highest BCUT2D eigenvalue weighted by molar-refractivity contribution is 5.85. The van der Waals surface area contributed by atoms with Gasteiger partial charge in [-0.1, -0.05) is 36.4 Å². The maximum Gasteiger partial charge on any atom is 0.330 e. The van der Waals surface area contributed by atoms with E-state index >= 15 is 0 Å². The summed E-state index contributed by atoms with van der Waals surface area (Å²) < 4.78 is 15.5. The highest BCUT2D eigenvalue weighted by atomic mass is 16.5. The second-order valence-electron chi connectivity index (χ2n) is 5.16. The first-order chi connectivity index (χ1) is 12.2. The molecular weight excluding hydrogens is 316 g/mol. The Morgan fingerprint density at radius 3 is 2.00 bits per heavy atom. The molecule has 0 heterocycles. The minimum Gasteiger partial charge on any atom is -0.497 e. The molecule has 25 heavy (non-hydrogen) atoms. The molecule has 130 valence electrons. The summed E-state index contributed by atoms with van der Waals surface area (Å²) in [7, 11) is 3.27. The van der Waals surface area contributed by atoms with Crippen LogP contribution in [0.25, 0.3) is 5.57 Å². The molecule has 4 heteroatoms. The first-order valence-corrected chi connectivity index (χ1v) is 8.02. The fourth-order valence-corrected chi connectivity index (χ4v) is 2.35. The fraction of sp³-hybridized carbons (Fsp3) is 0.190. The minimum atomic E-state index is -0.366. The maximum absolute atomic E-state index is 11.5. The van der Waals surface area contributed by atoms with E-state index in [0.717, 1.165) is 28.2 Å². The smallest absolute Gasteiger partial charge is 0.330 e. The van der Waals surface area contributed by atoms with E-state index in [1.54, 1.807) is 27.2 Å². The van der Waals surface area contributed by atoms with Gasteiger partial charge >= 0.3 is 5.97 Å². The topological polar surface area (TPSA) is 44.8 Å². The van der Waals surface area contributed by atoms with E-state index in [1.165, 1.54) is 6.08 Å². The summed E-state index contributed by atoms with van der Waals surface area (Å²) in [4.78, 5) is 11.5. The van der Waals surface area contributed by atoms with Gasteiger partial charge < -0.3 is 14.2 Å². The number of hydrogen-bond donors (Lipinski definition) is 0. The molecule has 2 aromatic rings. The van der Waals surface area contributed by atoms with Crippen LogP contribution >= 0.6 is 0 Å². The Morgan fingerprint density at radius 1 is 0.960 bits per heavy atom. The lowest BCUT2D eigenvalue weighted by atomic mass is 9.97. The first-order valence-electron chi connectivity index (χ1n) is 8.02. The van der Waals surface area contributed by atoms with Crippen LogP contribution in [0.1, 0.15) is 18.1 Å². The number of esters is 1. The number of hydrogen-bond acceptors (Lipinski definition) is 4. The molecule has 0 fully saturated rings. The Morgan fingerprint density at radius 2 is 1.52 bits per heavy atom. The Bertz CT molecular complexity index is 725. The molecule has 4 nitrogen and oxygen atoms in total. The standard InChI is InChI=1S/C21H22O4/c1-4-25-21(22)13-7-12-20(16-8-5-10-18(14-16)23-2)17-9-6-11-19(15-17)24-3/h5-15H,4H2,1-3H3/b13-7+. The fourth-order valence-electron chi connectivity index (χ4n) is 2.35. The van der Waals surface area contributed by atoms with Gasteiger partial charge in [0.25, 0.3) is 0 Å². The average molecular weight is 338 g/mol. The number of benzene rings is 2. The van der Waals surface area contributed by atoms with Gasteiger partial charge in [0.15, 0.2) is 0 Å². The number of carbonyl (C=O) groups excluding carboxylic acids is 1. The lowest BCUT2D eigenvalue weighted by Gasteiger charge is -2.11. The summed E-state index contributed by atoms with van der Waals surface area (Å²) in [6, 6.07) is 15.5.